The van der Waals surface area contributed by atoms with Crippen molar-refractivity contribution in [3.8, 4) is 0 Å². The lowest BCUT2D eigenvalue weighted by molar-refractivity contribution is -0.129. The van der Waals surface area contributed by atoms with Crippen molar-refractivity contribution < 1.29 is 14.3 Å². The summed E-state index contributed by atoms with van der Waals surface area (Å²) in [7, 11) is 0. The molecule has 23 heavy (non-hydrogen) atoms. The summed E-state index contributed by atoms with van der Waals surface area (Å²) in [6, 6.07) is 3.97. The van der Waals surface area contributed by atoms with E-state index in [9.17, 15) is 9.59 Å². The van der Waals surface area contributed by atoms with Gasteiger partial charge in [0.25, 0.3) is 0 Å². The van der Waals surface area contributed by atoms with Crippen LogP contribution in [0.15, 0.2) is 18.3 Å². The molecule has 0 aliphatic carbocycles. The molecule has 2 fully saturated rings. The molecule has 1 aromatic heterocycles. The zero-order valence-electron chi connectivity index (χ0n) is 13.1. The van der Waals surface area contributed by atoms with E-state index in [1.807, 2.05) is 12.1 Å². The average Bonchev–Trinajstić information content (AvgIpc) is 2.61. The Labute approximate surface area is 135 Å². The van der Waals surface area contributed by atoms with Crippen LogP contribution in [0, 0.1) is 5.92 Å². The molecular weight excluding hydrogens is 296 g/mol. The zero-order valence-corrected chi connectivity index (χ0v) is 13.1. The molecule has 2 amide bonds. The van der Waals surface area contributed by atoms with E-state index in [0.717, 1.165) is 37.7 Å². The Hall–Kier alpha value is -2.15. The van der Waals surface area contributed by atoms with Crippen LogP contribution in [-0.2, 0) is 20.9 Å². The number of rotatable bonds is 4. The molecule has 0 radical (unpaired) electrons. The number of aromatic nitrogens is 1. The van der Waals surface area contributed by atoms with Gasteiger partial charge in [0.1, 0.15) is 5.82 Å². The zero-order chi connectivity index (χ0) is 16.1. The van der Waals surface area contributed by atoms with Crippen molar-refractivity contribution in [1.29, 1.82) is 0 Å². The van der Waals surface area contributed by atoms with Crippen LogP contribution < -0.4 is 15.5 Å². The van der Waals surface area contributed by atoms with Crippen LogP contribution >= 0.6 is 0 Å². The van der Waals surface area contributed by atoms with Crippen molar-refractivity contribution in [2.45, 2.75) is 19.4 Å². The molecule has 7 nitrogen and oxygen atoms in total. The fourth-order valence-corrected chi connectivity index (χ4v) is 2.79. The summed E-state index contributed by atoms with van der Waals surface area (Å²) in [5.74, 6) is 0.825. The number of morpholine rings is 1. The fourth-order valence-electron chi connectivity index (χ4n) is 2.79. The average molecular weight is 318 g/mol. The SMILES string of the molecule is O=C1CC[C@H](C(=O)NCc2ccc(N3CCOCC3)nc2)CN1. The van der Waals surface area contributed by atoms with Crippen molar-refractivity contribution in [2.24, 2.45) is 5.92 Å². The highest BCUT2D eigenvalue weighted by Crippen LogP contribution is 2.14. The monoisotopic (exact) mass is 318 g/mol. The Kier molecular flexibility index (Phi) is 5.07. The lowest BCUT2D eigenvalue weighted by Crippen LogP contribution is -2.42. The van der Waals surface area contributed by atoms with Crippen molar-refractivity contribution in [3.05, 3.63) is 23.9 Å². The van der Waals surface area contributed by atoms with Gasteiger partial charge in [0.15, 0.2) is 0 Å². The van der Waals surface area contributed by atoms with Crippen LogP contribution in [0.25, 0.3) is 0 Å². The maximum Gasteiger partial charge on any atom is 0.225 e. The lowest BCUT2D eigenvalue weighted by atomic mass is 9.98. The molecule has 2 aliphatic heterocycles. The highest BCUT2D eigenvalue weighted by Gasteiger charge is 2.24. The summed E-state index contributed by atoms with van der Waals surface area (Å²) >= 11 is 0. The normalized spacial score (nSPS) is 21.7. The van der Waals surface area contributed by atoms with Crippen molar-refractivity contribution >= 4 is 17.6 Å². The van der Waals surface area contributed by atoms with Crippen LogP contribution in [0.1, 0.15) is 18.4 Å². The first kappa shape index (κ1) is 15.7. The first-order valence-electron chi connectivity index (χ1n) is 8.04. The first-order chi connectivity index (χ1) is 11.2. The van der Waals surface area contributed by atoms with Gasteiger partial charge >= 0.3 is 0 Å². The van der Waals surface area contributed by atoms with E-state index in [1.54, 1.807) is 6.20 Å². The highest BCUT2D eigenvalue weighted by molar-refractivity contribution is 5.83. The van der Waals surface area contributed by atoms with Crippen molar-refractivity contribution in [2.75, 3.05) is 37.7 Å². The minimum absolute atomic E-state index is 0.0118. The molecule has 0 spiro atoms. The molecule has 3 rings (SSSR count). The fraction of sp³-hybridized carbons (Fsp3) is 0.562. The molecule has 3 heterocycles. The molecule has 0 aromatic carbocycles. The van der Waals surface area contributed by atoms with E-state index in [2.05, 4.69) is 20.5 Å². The number of ether oxygens (including phenoxy) is 1. The highest BCUT2D eigenvalue weighted by atomic mass is 16.5. The van der Waals surface area contributed by atoms with Crippen molar-refractivity contribution in [3.63, 3.8) is 0 Å². The van der Waals surface area contributed by atoms with Gasteiger partial charge in [-0.15, -0.1) is 0 Å². The number of amides is 2. The molecule has 1 atom stereocenters. The Bertz CT molecular complexity index is 545. The molecule has 124 valence electrons. The van der Waals surface area contributed by atoms with Gasteiger partial charge in [-0.1, -0.05) is 6.07 Å². The summed E-state index contributed by atoms with van der Waals surface area (Å²) in [5.41, 5.74) is 0.968. The van der Waals surface area contributed by atoms with E-state index in [0.29, 0.717) is 25.9 Å². The molecule has 0 unspecified atom stereocenters. The van der Waals surface area contributed by atoms with Gasteiger partial charge in [-0.3, -0.25) is 9.59 Å². The van der Waals surface area contributed by atoms with Gasteiger partial charge in [0.2, 0.25) is 11.8 Å². The van der Waals surface area contributed by atoms with Crippen LogP contribution in [0.4, 0.5) is 5.82 Å². The molecule has 0 bridgehead atoms. The van der Waals surface area contributed by atoms with E-state index in [-0.39, 0.29) is 17.7 Å². The number of anilines is 1. The predicted octanol–water partition coefficient (Wildman–Crippen LogP) is 0.0606. The molecule has 0 saturated carbocycles. The number of hydrogen-bond acceptors (Lipinski definition) is 5. The lowest BCUT2D eigenvalue weighted by Gasteiger charge is -2.27. The second kappa shape index (κ2) is 7.41. The van der Waals surface area contributed by atoms with Gasteiger partial charge in [0.05, 0.1) is 19.1 Å². The number of hydrogen-bond donors (Lipinski definition) is 2. The number of piperidine rings is 1. The molecule has 2 saturated heterocycles. The van der Waals surface area contributed by atoms with E-state index in [4.69, 9.17) is 4.74 Å². The smallest absolute Gasteiger partial charge is 0.225 e. The maximum atomic E-state index is 12.1. The molecule has 2 aliphatic rings. The predicted molar refractivity (Wildman–Crippen MR) is 84.8 cm³/mol. The third-order valence-electron chi connectivity index (χ3n) is 4.25. The van der Waals surface area contributed by atoms with Gasteiger partial charge < -0.3 is 20.3 Å². The number of pyridine rings is 1. The largest absolute Gasteiger partial charge is 0.378 e. The minimum atomic E-state index is -0.131. The van der Waals surface area contributed by atoms with E-state index >= 15 is 0 Å². The van der Waals surface area contributed by atoms with Gasteiger partial charge in [-0.25, -0.2) is 4.98 Å². The summed E-state index contributed by atoms with van der Waals surface area (Å²) < 4.78 is 5.33. The summed E-state index contributed by atoms with van der Waals surface area (Å²) in [4.78, 5) is 29.9. The second-order valence-electron chi connectivity index (χ2n) is 5.88. The number of carbonyl (C=O) groups excluding carboxylic acids is 2. The second-order valence-corrected chi connectivity index (χ2v) is 5.88. The Morgan fingerprint density at radius 3 is 2.87 bits per heavy atom. The van der Waals surface area contributed by atoms with E-state index in [1.165, 1.54) is 0 Å². The molecule has 1 aromatic rings. The number of carbonyl (C=O) groups is 2. The Morgan fingerprint density at radius 1 is 1.39 bits per heavy atom. The standard InChI is InChI=1S/C16H22N4O3/c21-15-4-2-13(11-18-15)16(22)19-10-12-1-3-14(17-9-12)20-5-7-23-8-6-20/h1,3,9,13H,2,4-8,10-11H2,(H,18,21)(H,19,22)/t13-/m0/s1. The van der Waals surface area contributed by atoms with Crippen LogP contribution in [0.5, 0.6) is 0 Å². The quantitative estimate of drug-likeness (QED) is 0.820. The third kappa shape index (κ3) is 4.19. The van der Waals surface area contributed by atoms with Crippen LogP contribution in [0.3, 0.4) is 0 Å². The Balaban J connectivity index is 1.48. The summed E-state index contributed by atoms with van der Waals surface area (Å²) in [6.07, 6.45) is 2.84. The third-order valence-corrected chi connectivity index (χ3v) is 4.25. The van der Waals surface area contributed by atoms with E-state index < -0.39 is 0 Å². The van der Waals surface area contributed by atoms with Gasteiger partial charge in [-0.2, -0.15) is 0 Å². The number of nitrogens with one attached hydrogen (secondary N) is 2. The summed E-state index contributed by atoms with van der Waals surface area (Å²) in [6.45, 7) is 4.07. The van der Waals surface area contributed by atoms with Crippen LogP contribution in [-0.4, -0.2) is 49.6 Å². The van der Waals surface area contributed by atoms with Gasteiger partial charge in [0, 0.05) is 38.8 Å². The topological polar surface area (TPSA) is 83.6 Å². The summed E-state index contributed by atoms with van der Waals surface area (Å²) in [5, 5.41) is 5.65. The molecule has 2 N–H and O–H groups in total. The van der Waals surface area contributed by atoms with Gasteiger partial charge in [-0.05, 0) is 18.1 Å². The minimum Gasteiger partial charge on any atom is -0.378 e. The molecular formula is C16H22N4O3. The van der Waals surface area contributed by atoms with Crippen molar-refractivity contribution in [1.82, 2.24) is 15.6 Å². The maximum absolute atomic E-state index is 12.1. The Morgan fingerprint density at radius 2 is 2.22 bits per heavy atom. The molecule has 7 heteroatoms. The first-order valence-corrected chi connectivity index (χ1v) is 8.04. The number of nitrogens with zero attached hydrogens (tertiary/aromatic N) is 2. The van der Waals surface area contributed by atoms with Crippen LogP contribution in [0.2, 0.25) is 0 Å².